The van der Waals surface area contributed by atoms with Crippen LogP contribution in [0.25, 0.3) is 0 Å². The maximum Gasteiger partial charge on any atom is 0.241 e. The number of benzene rings is 1. The van der Waals surface area contributed by atoms with Crippen LogP contribution in [0.15, 0.2) is 22.7 Å². The van der Waals surface area contributed by atoms with Gasteiger partial charge in [0.25, 0.3) is 0 Å². The molecule has 0 bridgehead atoms. The predicted octanol–water partition coefficient (Wildman–Crippen LogP) is 2.52. The van der Waals surface area contributed by atoms with Gasteiger partial charge >= 0.3 is 0 Å². The van der Waals surface area contributed by atoms with E-state index in [9.17, 15) is 4.79 Å². The lowest BCUT2D eigenvalue weighted by Gasteiger charge is -2.17. The molecule has 1 atom stereocenters. The summed E-state index contributed by atoms with van der Waals surface area (Å²) in [6.45, 7) is 4.26. The summed E-state index contributed by atoms with van der Waals surface area (Å²) in [5.41, 5.74) is 7.45. The molecule has 0 heterocycles. The van der Waals surface area contributed by atoms with Crippen LogP contribution in [-0.4, -0.2) is 19.1 Å². The Morgan fingerprint density at radius 2 is 2.17 bits per heavy atom. The summed E-state index contributed by atoms with van der Waals surface area (Å²) >= 11 is 3.44. The van der Waals surface area contributed by atoms with Crippen LogP contribution >= 0.6 is 15.9 Å². The number of hydrogen-bond donors (Lipinski definition) is 2. The van der Waals surface area contributed by atoms with Crippen LogP contribution in [0, 0.1) is 5.92 Å². The van der Waals surface area contributed by atoms with Gasteiger partial charge in [0, 0.05) is 22.8 Å². The number of hydrogen-bond acceptors (Lipinski definition) is 3. The fourth-order valence-electron chi connectivity index (χ4n) is 1.49. The molecule has 1 aromatic carbocycles. The van der Waals surface area contributed by atoms with Crippen LogP contribution in [0.1, 0.15) is 19.4 Å². The molecule has 3 N–H and O–H groups in total. The summed E-state index contributed by atoms with van der Waals surface area (Å²) < 4.78 is 6.03. The van der Waals surface area contributed by atoms with E-state index in [2.05, 4.69) is 21.2 Å². The Balaban J connectivity index is 2.90. The molecule has 0 fully saturated rings. The first-order valence-electron chi connectivity index (χ1n) is 5.80. The third-order valence-electron chi connectivity index (χ3n) is 2.69. The van der Waals surface area contributed by atoms with Crippen molar-refractivity contribution < 1.29 is 9.53 Å². The van der Waals surface area contributed by atoms with Gasteiger partial charge in [-0.25, -0.2) is 0 Å². The number of rotatable bonds is 5. The molecule has 0 spiro atoms. The molecule has 18 heavy (non-hydrogen) atoms. The second-order valence-corrected chi connectivity index (χ2v) is 5.31. The first-order chi connectivity index (χ1) is 8.47. The summed E-state index contributed by atoms with van der Waals surface area (Å²) in [6.07, 6.45) is 0. The molecule has 100 valence electrons. The average molecular weight is 315 g/mol. The lowest BCUT2D eigenvalue weighted by Crippen LogP contribution is -2.39. The number of ether oxygens (including phenoxy) is 1. The Morgan fingerprint density at radius 3 is 2.72 bits per heavy atom. The average Bonchev–Trinajstić information content (AvgIpc) is 2.32. The third-order valence-corrected chi connectivity index (χ3v) is 3.43. The zero-order valence-electron chi connectivity index (χ0n) is 10.9. The highest BCUT2D eigenvalue weighted by Gasteiger charge is 2.18. The van der Waals surface area contributed by atoms with Crippen molar-refractivity contribution in [3.05, 3.63) is 28.2 Å². The molecular weight excluding hydrogens is 296 g/mol. The SMILES string of the molecule is COCc1c(Br)cccc1NC(=O)C(N)C(C)C. The standard InChI is InChI=1S/C13H19BrN2O2/c1-8(2)12(15)13(17)16-11-6-4-5-10(14)9(11)7-18-3/h4-6,8,12H,7,15H2,1-3H3,(H,16,17). The molecule has 0 saturated carbocycles. The minimum absolute atomic E-state index is 0.100. The van der Waals surface area contributed by atoms with Crippen molar-refractivity contribution >= 4 is 27.5 Å². The van der Waals surface area contributed by atoms with E-state index in [4.69, 9.17) is 10.5 Å². The van der Waals surface area contributed by atoms with Gasteiger partial charge in [-0.3, -0.25) is 4.79 Å². The summed E-state index contributed by atoms with van der Waals surface area (Å²) in [5.74, 6) is -0.0801. The van der Waals surface area contributed by atoms with Gasteiger partial charge in [-0.1, -0.05) is 35.8 Å². The topological polar surface area (TPSA) is 64.3 Å². The fraction of sp³-hybridized carbons (Fsp3) is 0.462. The number of amides is 1. The summed E-state index contributed by atoms with van der Waals surface area (Å²) in [7, 11) is 1.62. The molecule has 0 radical (unpaired) electrons. The Kier molecular flexibility index (Phi) is 5.78. The van der Waals surface area contributed by atoms with Gasteiger partial charge in [0.2, 0.25) is 5.91 Å². The van der Waals surface area contributed by atoms with Crippen LogP contribution in [0.5, 0.6) is 0 Å². The van der Waals surface area contributed by atoms with E-state index in [0.29, 0.717) is 6.61 Å². The van der Waals surface area contributed by atoms with Gasteiger partial charge in [-0.2, -0.15) is 0 Å². The predicted molar refractivity (Wildman–Crippen MR) is 76.3 cm³/mol. The van der Waals surface area contributed by atoms with E-state index in [1.165, 1.54) is 0 Å². The van der Waals surface area contributed by atoms with Crippen molar-refractivity contribution in [2.75, 3.05) is 12.4 Å². The maximum atomic E-state index is 11.9. The molecular formula is C13H19BrN2O2. The van der Waals surface area contributed by atoms with Gasteiger partial charge in [0.15, 0.2) is 0 Å². The van der Waals surface area contributed by atoms with Gasteiger partial charge in [0.1, 0.15) is 0 Å². The molecule has 4 nitrogen and oxygen atoms in total. The van der Waals surface area contributed by atoms with Gasteiger partial charge in [0.05, 0.1) is 12.6 Å². The van der Waals surface area contributed by atoms with E-state index < -0.39 is 6.04 Å². The molecule has 1 unspecified atom stereocenters. The Morgan fingerprint density at radius 1 is 1.50 bits per heavy atom. The van der Waals surface area contributed by atoms with E-state index in [0.717, 1.165) is 15.7 Å². The molecule has 0 aliphatic rings. The molecule has 1 amide bonds. The highest BCUT2D eigenvalue weighted by molar-refractivity contribution is 9.10. The zero-order chi connectivity index (χ0) is 13.7. The molecule has 0 saturated heterocycles. The van der Waals surface area contributed by atoms with Crippen LogP contribution in [-0.2, 0) is 16.1 Å². The summed E-state index contributed by atoms with van der Waals surface area (Å²) in [6, 6.07) is 5.09. The number of methoxy groups -OCH3 is 1. The largest absolute Gasteiger partial charge is 0.380 e. The normalized spacial score (nSPS) is 12.6. The van der Waals surface area contributed by atoms with Crippen LogP contribution in [0.2, 0.25) is 0 Å². The molecule has 0 aliphatic heterocycles. The maximum absolute atomic E-state index is 11.9. The minimum Gasteiger partial charge on any atom is -0.380 e. The Bertz CT molecular complexity index is 421. The molecule has 1 rings (SSSR count). The van der Waals surface area contributed by atoms with Crippen LogP contribution < -0.4 is 11.1 Å². The van der Waals surface area contributed by atoms with Crippen molar-refractivity contribution in [3.8, 4) is 0 Å². The molecule has 0 aromatic heterocycles. The van der Waals surface area contributed by atoms with E-state index in [-0.39, 0.29) is 11.8 Å². The molecule has 0 aliphatic carbocycles. The van der Waals surface area contributed by atoms with Crippen LogP contribution in [0.4, 0.5) is 5.69 Å². The van der Waals surface area contributed by atoms with Crippen molar-refractivity contribution in [3.63, 3.8) is 0 Å². The lowest BCUT2D eigenvalue weighted by atomic mass is 10.0. The highest BCUT2D eigenvalue weighted by Crippen LogP contribution is 2.25. The van der Waals surface area contributed by atoms with Crippen molar-refractivity contribution in [1.29, 1.82) is 0 Å². The van der Waals surface area contributed by atoms with E-state index in [1.807, 2.05) is 32.0 Å². The minimum atomic E-state index is -0.514. The second kappa shape index (κ2) is 6.87. The number of nitrogens with one attached hydrogen (secondary N) is 1. The smallest absolute Gasteiger partial charge is 0.241 e. The monoisotopic (exact) mass is 314 g/mol. The summed E-state index contributed by atoms with van der Waals surface area (Å²) in [5, 5.41) is 2.84. The molecule has 1 aromatic rings. The lowest BCUT2D eigenvalue weighted by molar-refractivity contribution is -0.118. The van der Waals surface area contributed by atoms with Crippen molar-refractivity contribution in [2.24, 2.45) is 11.7 Å². The number of halogens is 1. The number of nitrogens with two attached hydrogens (primary N) is 1. The zero-order valence-corrected chi connectivity index (χ0v) is 12.5. The summed E-state index contributed by atoms with van der Waals surface area (Å²) in [4.78, 5) is 11.9. The number of carbonyl (C=O) groups is 1. The van der Waals surface area contributed by atoms with Crippen molar-refractivity contribution in [2.45, 2.75) is 26.5 Å². The van der Waals surface area contributed by atoms with Gasteiger partial charge in [-0.15, -0.1) is 0 Å². The Hall–Kier alpha value is -0.910. The van der Waals surface area contributed by atoms with Gasteiger partial charge < -0.3 is 15.8 Å². The fourth-order valence-corrected chi connectivity index (χ4v) is 1.97. The highest BCUT2D eigenvalue weighted by atomic mass is 79.9. The van der Waals surface area contributed by atoms with E-state index in [1.54, 1.807) is 7.11 Å². The van der Waals surface area contributed by atoms with E-state index >= 15 is 0 Å². The van der Waals surface area contributed by atoms with Crippen molar-refractivity contribution in [1.82, 2.24) is 0 Å². The number of anilines is 1. The first-order valence-corrected chi connectivity index (χ1v) is 6.59. The second-order valence-electron chi connectivity index (χ2n) is 4.46. The van der Waals surface area contributed by atoms with Gasteiger partial charge in [-0.05, 0) is 18.1 Å². The van der Waals surface area contributed by atoms with Crippen LogP contribution in [0.3, 0.4) is 0 Å². The number of carbonyl (C=O) groups excluding carboxylic acids is 1. The Labute approximate surface area is 116 Å². The molecule has 5 heteroatoms. The first kappa shape index (κ1) is 15.1. The third kappa shape index (κ3) is 3.80. The quantitative estimate of drug-likeness (QED) is 0.877.